The van der Waals surface area contributed by atoms with Gasteiger partial charge >= 0.3 is 5.97 Å². The molecule has 35 heavy (non-hydrogen) atoms. The van der Waals surface area contributed by atoms with Crippen LogP contribution in [-0.2, 0) is 0 Å². The molecule has 10 heteroatoms. The Morgan fingerprint density at radius 1 is 1.11 bits per heavy atom. The van der Waals surface area contributed by atoms with E-state index in [1.54, 1.807) is 22.8 Å². The highest BCUT2D eigenvalue weighted by molar-refractivity contribution is 6.34. The van der Waals surface area contributed by atoms with Gasteiger partial charge in [0.1, 0.15) is 17.1 Å². The Morgan fingerprint density at radius 3 is 2.46 bits per heavy atom. The number of aromatic nitrogens is 1. The minimum absolute atomic E-state index is 0.0835. The molecule has 8 nitrogen and oxygen atoms in total. The van der Waals surface area contributed by atoms with E-state index in [1.165, 1.54) is 12.3 Å². The fraction of sp³-hybridized carbons (Fsp3) is 0.320. The molecule has 0 atom stereocenters. The van der Waals surface area contributed by atoms with E-state index in [2.05, 4.69) is 10.1 Å². The number of aromatic carboxylic acids is 1. The Hall–Kier alpha value is -3.43. The topological polar surface area (TPSA) is 98.4 Å². The third kappa shape index (κ3) is 4.49. The van der Waals surface area contributed by atoms with Crippen LogP contribution in [0.1, 0.15) is 34.8 Å². The van der Waals surface area contributed by atoms with Gasteiger partial charge in [0.2, 0.25) is 5.43 Å². The third-order valence-electron chi connectivity index (χ3n) is 6.66. The molecule has 2 fully saturated rings. The van der Waals surface area contributed by atoms with Crippen molar-refractivity contribution in [3.63, 3.8) is 0 Å². The lowest BCUT2D eigenvalue weighted by Gasteiger charge is -2.36. The summed E-state index contributed by atoms with van der Waals surface area (Å²) in [6.07, 6.45) is 3.17. The Morgan fingerprint density at radius 2 is 1.83 bits per heavy atom. The summed E-state index contributed by atoms with van der Waals surface area (Å²) in [7, 11) is 0. The van der Waals surface area contributed by atoms with Gasteiger partial charge in [-0.25, -0.2) is 9.18 Å². The Balaban J connectivity index is 1.38. The fourth-order valence-corrected chi connectivity index (χ4v) is 4.88. The normalized spacial score (nSPS) is 17.2. The maximum Gasteiger partial charge on any atom is 0.341 e. The molecule has 5 rings (SSSR count). The molecule has 2 heterocycles. The van der Waals surface area contributed by atoms with E-state index in [0.29, 0.717) is 60.2 Å². The lowest BCUT2D eigenvalue weighted by atomic mass is 10.1. The van der Waals surface area contributed by atoms with Crippen LogP contribution in [0.25, 0.3) is 10.9 Å². The van der Waals surface area contributed by atoms with Crippen LogP contribution in [0.2, 0.25) is 5.02 Å². The minimum Gasteiger partial charge on any atom is -0.477 e. The number of carbonyl (C=O) groups is 1. The average Bonchev–Trinajstić information content (AvgIpc) is 3.69. The predicted octanol–water partition coefficient (Wildman–Crippen LogP) is 3.83. The van der Waals surface area contributed by atoms with Gasteiger partial charge in [-0.1, -0.05) is 35.0 Å². The third-order valence-corrected chi connectivity index (χ3v) is 6.99. The van der Waals surface area contributed by atoms with Gasteiger partial charge in [-0.05, 0) is 31.0 Å². The van der Waals surface area contributed by atoms with Crippen molar-refractivity contribution in [2.75, 3.05) is 37.6 Å². The quantitative estimate of drug-likeness (QED) is 0.304. The molecule has 182 valence electrons. The standard InChI is InChI=1S/C25H24ClFN4O4/c26-19-4-2-1-3-16(19)21(28-35)14-29-7-9-30(10-8-29)23-12-22-17(11-20(23)27)24(32)18(25(33)34)13-31(22)15-5-6-15/h1-4,11-13,15,35H,5-10,14H2,(H,33,34)/b28-21+. The van der Waals surface area contributed by atoms with Gasteiger partial charge < -0.3 is 19.8 Å². The van der Waals surface area contributed by atoms with Crippen LogP contribution in [-0.4, -0.2) is 64.2 Å². The van der Waals surface area contributed by atoms with Crippen molar-refractivity contribution in [2.45, 2.75) is 18.9 Å². The Kier molecular flexibility index (Phi) is 6.21. The number of hydrogen-bond acceptors (Lipinski definition) is 6. The first kappa shape index (κ1) is 23.3. The monoisotopic (exact) mass is 498 g/mol. The number of carboxylic acids is 1. The molecule has 0 bridgehead atoms. The lowest BCUT2D eigenvalue weighted by molar-refractivity contribution is 0.0695. The van der Waals surface area contributed by atoms with Crippen molar-refractivity contribution < 1.29 is 19.5 Å². The van der Waals surface area contributed by atoms with Crippen LogP contribution in [0.5, 0.6) is 0 Å². The first-order valence-electron chi connectivity index (χ1n) is 11.4. The highest BCUT2D eigenvalue weighted by atomic mass is 35.5. The minimum atomic E-state index is -1.31. The number of anilines is 1. The average molecular weight is 499 g/mol. The van der Waals surface area contributed by atoms with Gasteiger partial charge in [0, 0.05) is 60.9 Å². The van der Waals surface area contributed by atoms with Gasteiger partial charge in [0.05, 0.1) is 11.2 Å². The Labute approximate surface area is 205 Å². The number of fused-ring (bicyclic) bond motifs is 1. The largest absolute Gasteiger partial charge is 0.477 e. The van der Waals surface area contributed by atoms with E-state index in [4.69, 9.17) is 11.6 Å². The van der Waals surface area contributed by atoms with Crippen molar-refractivity contribution >= 4 is 39.9 Å². The zero-order chi connectivity index (χ0) is 24.7. The zero-order valence-electron chi connectivity index (χ0n) is 18.8. The number of nitrogens with zero attached hydrogens (tertiary/aromatic N) is 4. The zero-order valence-corrected chi connectivity index (χ0v) is 19.6. The first-order valence-corrected chi connectivity index (χ1v) is 11.8. The summed E-state index contributed by atoms with van der Waals surface area (Å²) >= 11 is 6.24. The number of piperazine rings is 1. The summed E-state index contributed by atoms with van der Waals surface area (Å²) in [6, 6.07) is 10.1. The number of halogens is 2. The summed E-state index contributed by atoms with van der Waals surface area (Å²) in [5, 5.41) is 23.0. The van der Waals surface area contributed by atoms with E-state index < -0.39 is 17.2 Å². The summed E-state index contributed by atoms with van der Waals surface area (Å²) < 4.78 is 17.0. The smallest absolute Gasteiger partial charge is 0.341 e. The van der Waals surface area contributed by atoms with Gasteiger partial charge in [-0.2, -0.15) is 0 Å². The molecule has 1 aliphatic heterocycles. The van der Waals surface area contributed by atoms with Gasteiger partial charge in [0.15, 0.2) is 0 Å². The van der Waals surface area contributed by atoms with E-state index in [9.17, 15) is 19.9 Å². The van der Waals surface area contributed by atoms with Crippen molar-refractivity contribution in [3.8, 4) is 0 Å². The highest BCUT2D eigenvalue weighted by Crippen LogP contribution is 2.38. The van der Waals surface area contributed by atoms with E-state index in [1.807, 2.05) is 17.0 Å². The van der Waals surface area contributed by atoms with Crippen molar-refractivity contribution in [3.05, 3.63) is 74.8 Å². The van der Waals surface area contributed by atoms with E-state index >= 15 is 4.39 Å². The molecule has 0 unspecified atom stereocenters. The maximum absolute atomic E-state index is 15.2. The molecule has 1 saturated heterocycles. The summed E-state index contributed by atoms with van der Waals surface area (Å²) in [5.74, 6) is -1.86. The second-order valence-corrected chi connectivity index (χ2v) is 9.33. The number of hydrogen-bond donors (Lipinski definition) is 2. The number of carboxylic acid groups (broad SMARTS) is 1. The first-order chi connectivity index (χ1) is 16.9. The predicted molar refractivity (Wildman–Crippen MR) is 132 cm³/mol. The fourth-order valence-electron chi connectivity index (χ4n) is 4.63. The molecule has 2 aliphatic rings. The molecule has 2 N–H and O–H groups in total. The molecule has 0 radical (unpaired) electrons. The molecule has 2 aromatic carbocycles. The number of oxime groups is 1. The van der Waals surface area contributed by atoms with Crippen LogP contribution in [0, 0.1) is 5.82 Å². The molecule has 0 amide bonds. The summed E-state index contributed by atoms with van der Waals surface area (Å²) in [6.45, 7) is 2.67. The second kappa shape index (κ2) is 9.31. The molecule has 1 saturated carbocycles. The van der Waals surface area contributed by atoms with Crippen LogP contribution < -0.4 is 10.3 Å². The van der Waals surface area contributed by atoms with Crippen LogP contribution >= 0.6 is 11.6 Å². The maximum atomic E-state index is 15.2. The molecule has 3 aromatic rings. The van der Waals surface area contributed by atoms with Crippen molar-refractivity contribution in [1.29, 1.82) is 0 Å². The van der Waals surface area contributed by atoms with Crippen LogP contribution in [0.15, 0.2) is 52.5 Å². The molecule has 1 aliphatic carbocycles. The van der Waals surface area contributed by atoms with Crippen LogP contribution in [0.4, 0.5) is 10.1 Å². The number of rotatable bonds is 6. The molecule has 0 spiro atoms. The van der Waals surface area contributed by atoms with E-state index in [-0.39, 0.29) is 17.0 Å². The summed E-state index contributed by atoms with van der Waals surface area (Å²) in [5.41, 5.74) is 1.05. The van der Waals surface area contributed by atoms with E-state index in [0.717, 1.165) is 12.8 Å². The molecular weight excluding hydrogens is 475 g/mol. The highest BCUT2D eigenvalue weighted by Gasteiger charge is 2.28. The Bertz CT molecular complexity index is 1390. The van der Waals surface area contributed by atoms with Gasteiger partial charge in [-0.3, -0.25) is 9.69 Å². The second-order valence-electron chi connectivity index (χ2n) is 8.93. The SMILES string of the molecule is O=C(O)c1cn(C2CC2)c2cc(N3CCN(C/C(=N\O)c4ccccc4Cl)CC3)c(F)cc2c1=O. The van der Waals surface area contributed by atoms with Crippen molar-refractivity contribution in [1.82, 2.24) is 9.47 Å². The van der Waals surface area contributed by atoms with Crippen LogP contribution in [0.3, 0.4) is 0 Å². The lowest BCUT2D eigenvalue weighted by Crippen LogP contribution is -2.48. The molecule has 1 aromatic heterocycles. The number of pyridine rings is 1. The van der Waals surface area contributed by atoms with Crippen molar-refractivity contribution in [2.24, 2.45) is 5.16 Å². The number of benzene rings is 2. The van der Waals surface area contributed by atoms with Gasteiger partial charge in [0.25, 0.3) is 0 Å². The molecular formula is C25H24ClFN4O4. The van der Waals surface area contributed by atoms with Gasteiger partial charge in [-0.15, -0.1) is 0 Å². The summed E-state index contributed by atoms with van der Waals surface area (Å²) in [4.78, 5) is 28.3.